The molecular weight excluding hydrogens is 194 g/mol. The van der Waals surface area contributed by atoms with Gasteiger partial charge >= 0.3 is 0 Å². The van der Waals surface area contributed by atoms with Crippen LogP contribution in [-0.4, -0.2) is 16.0 Å². The van der Waals surface area contributed by atoms with Crippen LogP contribution in [0.15, 0.2) is 28.8 Å². The molecule has 0 saturated heterocycles. The first-order valence-corrected chi connectivity index (χ1v) is 4.37. The summed E-state index contributed by atoms with van der Waals surface area (Å²) in [6, 6.07) is 6.71. The molecule has 1 amide bonds. The van der Waals surface area contributed by atoms with E-state index in [9.17, 15) is 4.79 Å². The van der Waals surface area contributed by atoms with Crippen LogP contribution in [0.2, 0.25) is 0 Å². The highest BCUT2D eigenvalue weighted by Crippen LogP contribution is 2.15. The fourth-order valence-electron chi connectivity index (χ4n) is 1.20. The first-order chi connectivity index (χ1) is 7.16. The average molecular weight is 203 g/mol. The molecule has 15 heavy (non-hydrogen) atoms. The van der Waals surface area contributed by atoms with Crippen molar-refractivity contribution in [2.75, 3.05) is 0 Å². The summed E-state index contributed by atoms with van der Waals surface area (Å²) in [5, 5.41) is 3.76. The molecule has 0 saturated carbocycles. The third-order valence-corrected chi connectivity index (χ3v) is 1.96. The zero-order chi connectivity index (χ0) is 10.8. The zero-order valence-corrected chi connectivity index (χ0v) is 8.10. The van der Waals surface area contributed by atoms with Crippen molar-refractivity contribution in [2.45, 2.75) is 6.92 Å². The number of benzene rings is 1. The normalized spacial score (nSPS) is 10.2. The molecule has 5 nitrogen and oxygen atoms in total. The standard InChI is InChI=1S/C10H9N3O2/c1-6-12-10(13-15-6)8-4-2-7(3-5-8)9(11)14/h2-5H,1H3,(H2,11,14). The Hall–Kier alpha value is -2.17. The predicted octanol–water partition coefficient (Wildman–Crippen LogP) is 1.14. The maximum absolute atomic E-state index is 10.8. The summed E-state index contributed by atoms with van der Waals surface area (Å²) in [7, 11) is 0. The van der Waals surface area contributed by atoms with Gasteiger partial charge in [0, 0.05) is 18.1 Å². The summed E-state index contributed by atoms with van der Waals surface area (Å²) in [5.74, 6) is 0.554. The summed E-state index contributed by atoms with van der Waals surface area (Å²) in [6.07, 6.45) is 0. The summed E-state index contributed by atoms with van der Waals surface area (Å²) in [6.45, 7) is 1.72. The third-order valence-electron chi connectivity index (χ3n) is 1.96. The molecule has 0 fully saturated rings. The lowest BCUT2D eigenvalue weighted by Gasteiger charge is -1.96. The Kier molecular flexibility index (Phi) is 2.21. The van der Waals surface area contributed by atoms with E-state index in [4.69, 9.17) is 10.3 Å². The highest BCUT2D eigenvalue weighted by Gasteiger charge is 2.06. The molecule has 0 aliphatic carbocycles. The Labute approximate surface area is 85.9 Å². The first kappa shape index (κ1) is 9.39. The van der Waals surface area contributed by atoms with E-state index in [1.165, 1.54) is 0 Å². The van der Waals surface area contributed by atoms with Crippen LogP contribution in [-0.2, 0) is 0 Å². The molecule has 0 spiro atoms. The van der Waals surface area contributed by atoms with Gasteiger partial charge in [0.25, 0.3) is 0 Å². The van der Waals surface area contributed by atoms with E-state index < -0.39 is 5.91 Å². The molecule has 2 aromatic rings. The molecule has 1 aromatic carbocycles. The smallest absolute Gasteiger partial charge is 0.248 e. The number of hydrogen-bond acceptors (Lipinski definition) is 4. The van der Waals surface area contributed by atoms with Crippen molar-refractivity contribution in [1.29, 1.82) is 0 Å². The fraction of sp³-hybridized carbons (Fsp3) is 0.100. The van der Waals surface area contributed by atoms with Crippen LogP contribution in [0.4, 0.5) is 0 Å². The molecule has 0 atom stereocenters. The van der Waals surface area contributed by atoms with Crippen LogP contribution < -0.4 is 5.73 Å². The highest BCUT2D eigenvalue weighted by molar-refractivity contribution is 5.93. The number of amides is 1. The van der Waals surface area contributed by atoms with Gasteiger partial charge < -0.3 is 10.3 Å². The SMILES string of the molecule is Cc1nc(-c2ccc(C(N)=O)cc2)no1. The van der Waals surface area contributed by atoms with Crippen LogP contribution in [0, 0.1) is 6.92 Å². The lowest BCUT2D eigenvalue weighted by atomic mass is 10.1. The van der Waals surface area contributed by atoms with E-state index in [-0.39, 0.29) is 0 Å². The molecule has 0 unspecified atom stereocenters. The van der Waals surface area contributed by atoms with E-state index in [1.54, 1.807) is 31.2 Å². The van der Waals surface area contributed by atoms with E-state index >= 15 is 0 Å². The van der Waals surface area contributed by atoms with E-state index in [0.29, 0.717) is 17.3 Å². The van der Waals surface area contributed by atoms with Gasteiger partial charge in [0.2, 0.25) is 17.6 Å². The number of carbonyl (C=O) groups is 1. The summed E-state index contributed by atoms with van der Waals surface area (Å²) in [5.41, 5.74) is 6.36. The van der Waals surface area contributed by atoms with Crippen LogP contribution in [0.5, 0.6) is 0 Å². The lowest BCUT2D eigenvalue weighted by Crippen LogP contribution is -2.10. The van der Waals surface area contributed by atoms with E-state index in [0.717, 1.165) is 5.56 Å². The molecule has 2 rings (SSSR count). The van der Waals surface area contributed by atoms with Crippen molar-refractivity contribution in [1.82, 2.24) is 10.1 Å². The zero-order valence-electron chi connectivity index (χ0n) is 8.10. The monoisotopic (exact) mass is 203 g/mol. The molecule has 0 radical (unpaired) electrons. The Bertz CT molecular complexity index is 488. The first-order valence-electron chi connectivity index (χ1n) is 4.37. The van der Waals surface area contributed by atoms with Gasteiger partial charge in [-0.05, 0) is 12.1 Å². The van der Waals surface area contributed by atoms with Crippen molar-refractivity contribution in [2.24, 2.45) is 5.73 Å². The number of hydrogen-bond donors (Lipinski definition) is 1. The molecule has 0 aliphatic heterocycles. The average Bonchev–Trinajstić information content (AvgIpc) is 2.65. The van der Waals surface area contributed by atoms with Gasteiger partial charge in [-0.1, -0.05) is 17.3 Å². The highest BCUT2D eigenvalue weighted by atomic mass is 16.5. The quantitative estimate of drug-likeness (QED) is 0.793. The van der Waals surface area contributed by atoms with Gasteiger partial charge in [-0.15, -0.1) is 0 Å². The Morgan fingerprint density at radius 1 is 1.33 bits per heavy atom. The van der Waals surface area contributed by atoms with Gasteiger partial charge in [0.15, 0.2) is 0 Å². The van der Waals surface area contributed by atoms with Gasteiger partial charge in [-0.25, -0.2) is 0 Å². The third kappa shape index (κ3) is 1.85. The maximum Gasteiger partial charge on any atom is 0.248 e. The van der Waals surface area contributed by atoms with Crippen LogP contribution in [0.3, 0.4) is 0 Å². The molecule has 2 N–H and O–H groups in total. The second-order valence-electron chi connectivity index (χ2n) is 3.08. The van der Waals surface area contributed by atoms with Gasteiger partial charge in [-0.2, -0.15) is 4.98 Å². The summed E-state index contributed by atoms with van der Waals surface area (Å²) < 4.78 is 4.84. The van der Waals surface area contributed by atoms with Crippen molar-refractivity contribution in [3.63, 3.8) is 0 Å². The summed E-state index contributed by atoms with van der Waals surface area (Å²) >= 11 is 0. The minimum absolute atomic E-state index is 0.453. The number of primary amides is 1. The van der Waals surface area contributed by atoms with Crippen molar-refractivity contribution >= 4 is 5.91 Å². The largest absolute Gasteiger partial charge is 0.366 e. The van der Waals surface area contributed by atoms with E-state index in [1.807, 2.05) is 0 Å². The molecule has 1 heterocycles. The second-order valence-corrected chi connectivity index (χ2v) is 3.08. The van der Waals surface area contributed by atoms with Gasteiger partial charge in [0.1, 0.15) is 0 Å². The molecule has 1 aromatic heterocycles. The molecule has 76 valence electrons. The van der Waals surface area contributed by atoms with Crippen LogP contribution >= 0.6 is 0 Å². The number of nitrogens with two attached hydrogens (primary N) is 1. The van der Waals surface area contributed by atoms with Gasteiger partial charge in [-0.3, -0.25) is 4.79 Å². The Morgan fingerprint density at radius 3 is 2.47 bits per heavy atom. The number of rotatable bonds is 2. The molecule has 0 bridgehead atoms. The van der Waals surface area contributed by atoms with Crippen molar-refractivity contribution < 1.29 is 9.32 Å². The maximum atomic E-state index is 10.8. The Morgan fingerprint density at radius 2 is 2.00 bits per heavy atom. The number of carbonyl (C=O) groups excluding carboxylic acids is 1. The predicted molar refractivity (Wildman–Crippen MR) is 53.0 cm³/mol. The number of nitrogens with zero attached hydrogens (tertiary/aromatic N) is 2. The fourth-order valence-corrected chi connectivity index (χ4v) is 1.20. The van der Waals surface area contributed by atoms with Crippen molar-refractivity contribution in [3.05, 3.63) is 35.7 Å². The molecule has 5 heteroatoms. The van der Waals surface area contributed by atoms with Crippen molar-refractivity contribution in [3.8, 4) is 11.4 Å². The van der Waals surface area contributed by atoms with Crippen LogP contribution in [0.1, 0.15) is 16.2 Å². The number of aryl methyl sites for hydroxylation is 1. The van der Waals surface area contributed by atoms with Crippen LogP contribution in [0.25, 0.3) is 11.4 Å². The second kappa shape index (κ2) is 3.53. The Balaban J connectivity index is 2.35. The molecular formula is C10H9N3O2. The molecule has 0 aliphatic rings. The lowest BCUT2D eigenvalue weighted by molar-refractivity contribution is 0.100. The number of aromatic nitrogens is 2. The topological polar surface area (TPSA) is 82.0 Å². The van der Waals surface area contributed by atoms with E-state index in [2.05, 4.69) is 10.1 Å². The van der Waals surface area contributed by atoms with Gasteiger partial charge in [0.05, 0.1) is 0 Å². The minimum atomic E-state index is -0.453. The minimum Gasteiger partial charge on any atom is -0.366 e. The summed E-state index contributed by atoms with van der Waals surface area (Å²) in [4.78, 5) is 14.9.